The van der Waals surface area contributed by atoms with Crippen molar-refractivity contribution in [1.29, 1.82) is 5.26 Å². The Bertz CT molecular complexity index is 1380. The first-order valence-electron chi connectivity index (χ1n) is 11.1. The van der Waals surface area contributed by atoms with Crippen LogP contribution in [0.3, 0.4) is 0 Å². The Balaban J connectivity index is 1.75. The highest BCUT2D eigenvalue weighted by Crippen LogP contribution is 2.34. The molecule has 0 aliphatic carbocycles. The number of hydrogen-bond acceptors (Lipinski definition) is 5. The van der Waals surface area contributed by atoms with Gasteiger partial charge in [-0.15, -0.1) is 0 Å². The maximum Gasteiger partial charge on any atom is 0.266 e. The van der Waals surface area contributed by atoms with Crippen molar-refractivity contribution in [2.75, 3.05) is 24.4 Å². The van der Waals surface area contributed by atoms with E-state index in [9.17, 15) is 14.9 Å². The molecule has 7 nitrogen and oxygen atoms in total. The number of anilines is 2. The van der Waals surface area contributed by atoms with E-state index < -0.39 is 5.91 Å². The van der Waals surface area contributed by atoms with Crippen LogP contribution in [-0.2, 0) is 9.59 Å². The Morgan fingerprint density at radius 3 is 2.50 bits per heavy atom. The predicted molar refractivity (Wildman–Crippen MR) is 149 cm³/mol. The molecule has 0 aliphatic rings. The van der Waals surface area contributed by atoms with Gasteiger partial charge in [0.2, 0.25) is 0 Å². The second-order valence-electron chi connectivity index (χ2n) is 8.11. The number of carbonyl (C=O) groups excluding carboxylic acids is 2. The number of nitrogens with zero attached hydrogens (tertiary/aromatic N) is 1. The van der Waals surface area contributed by atoms with E-state index in [4.69, 9.17) is 9.47 Å². The van der Waals surface area contributed by atoms with Crippen LogP contribution in [0.2, 0.25) is 0 Å². The lowest BCUT2D eigenvalue weighted by Gasteiger charge is -2.15. The lowest BCUT2D eigenvalue weighted by molar-refractivity contribution is -0.118. The molecule has 184 valence electrons. The molecule has 0 unspecified atom stereocenters. The van der Waals surface area contributed by atoms with Crippen LogP contribution in [0.15, 0.2) is 60.2 Å². The molecule has 0 saturated heterocycles. The third-order valence-electron chi connectivity index (χ3n) is 5.43. The molecule has 0 aromatic heterocycles. The van der Waals surface area contributed by atoms with Gasteiger partial charge in [-0.1, -0.05) is 24.3 Å². The average molecular weight is 595 g/mol. The van der Waals surface area contributed by atoms with Crippen molar-refractivity contribution in [1.82, 2.24) is 0 Å². The van der Waals surface area contributed by atoms with Gasteiger partial charge in [0.25, 0.3) is 11.8 Å². The maximum absolute atomic E-state index is 12.6. The number of aryl methyl sites for hydroxylation is 2. The number of carbonyl (C=O) groups is 2. The van der Waals surface area contributed by atoms with Crippen LogP contribution < -0.4 is 20.1 Å². The minimum Gasteiger partial charge on any atom is -0.493 e. The molecule has 2 amide bonds. The van der Waals surface area contributed by atoms with E-state index in [1.165, 1.54) is 13.2 Å². The largest absolute Gasteiger partial charge is 0.493 e. The molecule has 0 fully saturated rings. The number of hydrogen-bond donors (Lipinski definition) is 2. The fourth-order valence-electron chi connectivity index (χ4n) is 3.41. The SMILES string of the molecule is COc1cc(/C=C(\C#N)C(=O)Nc2cccc(C)c2)cc(I)c1OCC(=O)Nc1cccc(C)c1C. The first kappa shape index (κ1) is 26.8. The summed E-state index contributed by atoms with van der Waals surface area (Å²) >= 11 is 2.06. The minimum atomic E-state index is -0.513. The van der Waals surface area contributed by atoms with Crippen LogP contribution in [0, 0.1) is 35.7 Å². The molecule has 0 spiro atoms. The van der Waals surface area contributed by atoms with Crippen LogP contribution in [-0.4, -0.2) is 25.5 Å². The summed E-state index contributed by atoms with van der Waals surface area (Å²) in [5.41, 5.74) is 4.94. The molecule has 2 N–H and O–H groups in total. The number of halogens is 1. The normalized spacial score (nSPS) is 10.8. The van der Waals surface area contributed by atoms with E-state index in [0.29, 0.717) is 26.3 Å². The van der Waals surface area contributed by atoms with Crippen molar-refractivity contribution in [3.8, 4) is 17.6 Å². The Morgan fingerprint density at radius 1 is 1.06 bits per heavy atom. The van der Waals surface area contributed by atoms with Crippen LogP contribution in [0.4, 0.5) is 11.4 Å². The summed E-state index contributed by atoms with van der Waals surface area (Å²) in [5, 5.41) is 15.2. The van der Waals surface area contributed by atoms with E-state index in [2.05, 4.69) is 33.2 Å². The molecule has 0 saturated carbocycles. The summed E-state index contributed by atoms with van der Waals surface area (Å²) in [6.45, 7) is 5.63. The number of methoxy groups -OCH3 is 1. The summed E-state index contributed by atoms with van der Waals surface area (Å²) in [6.07, 6.45) is 1.48. The fraction of sp³-hybridized carbons (Fsp3) is 0.179. The van der Waals surface area contributed by atoms with Crippen molar-refractivity contribution in [2.24, 2.45) is 0 Å². The number of benzene rings is 3. The molecule has 3 aromatic carbocycles. The third-order valence-corrected chi connectivity index (χ3v) is 6.23. The summed E-state index contributed by atoms with van der Waals surface area (Å²) in [4.78, 5) is 25.1. The van der Waals surface area contributed by atoms with Gasteiger partial charge in [-0.2, -0.15) is 5.26 Å². The molecule has 0 atom stereocenters. The van der Waals surface area contributed by atoms with Gasteiger partial charge in [0.15, 0.2) is 18.1 Å². The van der Waals surface area contributed by atoms with Crippen molar-refractivity contribution < 1.29 is 19.1 Å². The van der Waals surface area contributed by atoms with E-state index in [1.807, 2.05) is 63.2 Å². The van der Waals surface area contributed by atoms with Crippen molar-refractivity contribution in [3.05, 3.63) is 86.0 Å². The number of amides is 2. The second kappa shape index (κ2) is 12.2. The van der Waals surface area contributed by atoms with Gasteiger partial charge in [0.1, 0.15) is 11.6 Å². The highest BCUT2D eigenvalue weighted by Gasteiger charge is 2.16. The Labute approximate surface area is 224 Å². The maximum atomic E-state index is 12.6. The van der Waals surface area contributed by atoms with E-state index in [-0.39, 0.29) is 18.1 Å². The molecule has 3 aromatic rings. The van der Waals surface area contributed by atoms with Gasteiger partial charge in [-0.05, 0) is 102 Å². The van der Waals surface area contributed by atoms with Crippen molar-refractivity contribution >= 4 is 51.9 Å². The molecular weight excluding hydrogens is 569 g/mol. The zero-order valence-corrected chi connectivity index (χ0v) is 22.6. The highest BCUT2D eigenvalue weighted by molar-refractivity contribution is 14.1. The topological polar surface area (TPSA) is 100 Å². The molecule has 0 bridgehead atoms. The first-order chi connectivity index (χ1) is 17.2. The van der Waals surface area contributed by atoms with E-state index >= 15 is 0 Å². The van der Waals surface area contributed by atoms with Crippen LogP contribution >= 0.6 is 22.6 Å². The molecule has 0 radical (unpaired) electrons. The molecule has 0 heterocycles. The summed E-state index contributed by atoms with van der Waals surface area (Å²) in [6, 6.07) is 18.4. The second-order valence-corrected chi connectivity index (χ2v) is 9.27. The summed E-state index contributed by atoms with van der Waals surface area (Å²) in [7, 11) is 1.48. The summed E-state index contributed by atoms with van der Waals surface area (Å²) in [5.74, 6) is -0.0382. The molecule has 36 heavy (non-hydrogen) atoms. The number of ether oxygens (including phenoxy) is 2. The van der Waals surface area contributed by atoms with Crippen molar-refractivity contribution in [2.45, 2.75) is 20.8 Å². The molecule has 3 rings (SSSR count). The Morgan fingerprint density at radius 2 is 1.81 bits per heavy atom. The van der Waals surface area contributed by atoms with Gasteiger partial charge in [-0.3, -0.25) is 9.59 Å². The number of nitriles is 1. The first-order valence-corrected chi connectivity index (χ1v) is 12.2. The number of rotatable bonds is 8. The third kappa shape index (κ3) is 6.86. The Hall–Kier alpha value is -3.84. The van der Waals surface area contributed by atoms with Gasteiger partial charge in [0, 0.05) is 11.4 Å². The zero-order chi connectivity index (χ0) is 26.2. The lowest BCUT2D eigenvalue weighted by atomic mass is 10.1. The van der Waals surface area contributed by atoms with Gasteiger partial charge < -0.3 is 20.1 Å². The predicted octanol–water partition coefficient (Wildman–Crippen LogP) is 5.79. The smallest absolute Gasteiger partial charge is 0.266 e. The zero-order valence-electron chi connectivity index (χ0n) is 20.4. The van der Waals surface area contributed by atoms with E-state index in [0.717, 1.165) is 22.4 Å². The molecule has 0 aliphatic heterocycles. The van der Waals surface area contributed by atoms with Crippen LogP contribution in [0.5, 0.6) is 11.5 Å². The molecule has 8 heteroatoms. The monoisotopic (exact) mass is 595 g/mol. The number of nitrogens with one attached hydrogen (secondary N) is 2. The highest BCUT2D eigenvalue weighted by atomic mass is 127. The molecular formula is C28H26IN3O4. The van der Waals surface area contributed by atoms with Crippen molar-refractivity contribution in [3.63, 3.8) is 0 Å². The fourth-order valence-corrected chi connectivity index (χ4v) is 4.19. The van der Waals surface area contributed by atoms with Crippen LogP contribution in [0.1, 0.15) is 22.3 Å². The quantitative estimate of drug-likeness (QED) is 0.195. The standard InChI is InChI=1S/C28H26IN3O4/c1-17-7-5-9-22(11-17)31-28(34)21(15-30)12-20-13-23(29)27(25(14-20)35-4)36-16-26(33)32-24-10-6-8-18(2)19(24)3/h5-14H,16H2,1-4H3,(H,31,34)(H,32,33)/b21-12+. The van der Waals surface area contributed by atoms with Crippen LogP contribution in [0.25, 0.3) is 6.08 Å². The minimum absolute atomic E-state index is 0.0593. The van der Waals surface area contributed by atoms with Gasteiger partial charge in [-0.25, -0.2) is 0 Å². The van der Waals surface area contributed by atoms with E-state index in [1.54, 1.807) is 18.2 Å². The Kier molecular flexibility index (Phi) is 9.08. The summed E-state index contributed by atoms with van der Waals surface area (Å²) < 4.78 is 11.9. The average Bonchev–Trinajstić information content (AvgIpc) is 2.84. The lowest BCUT2D eigenvalue weighted by Crippen LogP contribution is -2.21. The van der Waals surface area contributed by atoms with Gasteiger partial charge >= 0.3 is 0 Å². The van der Waals surface area contributed by atoms with Gasteiger partial charge in [0.05, 0.1) is 10.7 Å².